The van der Waals surface area contributed by atoms with E-state index >= 15 is 0 Å². The summed E-state index contributed by atoms with van der Waals surface area (Å²) in [4.78, 5) is 33.8. The maximum Gasteiger partial charge on any atom is 0.407 e. The summed E-state index contributed by atoms with van der Waals surface area (Å²) in [6.45, 7) is 2.33. The van der Waals surface area contributed by atoms with Crippen molar-refractivity contribution in [1.82, 2.24) is 10.6 Å². The van der Waals surface area contributed by atoms with Crippen LogP contribution in [0.2, 0.25) is 0 Å². The highest BCUT2D eigenvalue weighted by molar-refractivity contribution is 9.10. The van der Waals surface area contributed by atoms with Gasteiger partial charge in [0.1, 0.15) is 5.82 Å². The molecule has 1 aromatic carbocycles. The van der Waals surface area contributed by atoms with Gasteiger partial charge >= 0.3 is 12.1 Å². The zero-order valence-electron chi connectivity index (χ0n) is 15.1. The van der Waals surface area contributed by atoms with Crippen LogP contribution in [0.4, 0.5) is 9.18 Å². The van der Waals surface area contributed by atoms with Gasteiger partial charge in [-0.2, -0.15) is 0 Å². The van der Waals surface area contributed by atoms with Crippen LogP contribution in [-0.2, 0) is 9.53 Å². The summed E-state index contributed by atoms with van der Waals surface area (Å²) in [5, 5.41) is 13.8. The van der Waals surface area contributed by atoms with Gasteiger partial charge in [-0.25, -0.2) is 9.18 Å². The van der Waals surface area contributed by atoms with Crippen LogP contribution in [0.15, 0.2) is 22.7 Å². The van der Waals surface area contributed by atoms with Crippen molar-refractivity contribution in [1.29, 1.82) is 0 Å². The summed E-state index contributed by atoms with van der Waals surface area (Å²) in [6.07, 6.45) is 1.77. The first-order chi connectivity index (χ1) is 12.8. The molecule has 0 aliphatic rings. The number of amides is 2. The first-order valence-electron chi connectivity index (χ1n) is 8.68. The lowest BCUT2D eigenvalue weighted by Gasteiger charge is -2.12. The molecule has 9 heteroatoms. The fourth-order valence-electron chi connectivity index (χ4n) is 2.19. The molecule has 0 heterocycles. The number of hydrogen-bond donors (Lipinski definition) is 3. The second-order valence-corrected chi connectivity index (χ2v) is 6.97. The third-order valence-electron chi connectivity index (χ3n) is 3.67. The SMILES string of the molecule is C[C@H](CCC(=O)O)NC(=O)OCCCCCNC(=O)c1ccc(Br)cc1F. The number of alkyl carbamates (subject to hydrolysis) is 1. The van der Waals surface area contributed by atoms with E-state index in [2.05, 4.69) is 26.6 Å². The fraction of sp³-hybridized carbons (Fsp3) is 0.500. The van der Waals surface area contributed by atoms with Gasteiger partial charge in [-0.1, -0.05) is 15.9 Å². The molecule has 1 aromatic rings. The van der Waals surface area contributed by atoms with Crippen molar-refractivity contribution in [2.45, 2.75) is 45.1 Å². The molecule has 1 rings (SSSR count). The van der Waals surface area contributed by atoms with Crippen LogP contribution in [0.3, 0.4) is 0 Å². The van der Waals surface area contributed by atoms with E-state index in [0.29, 0.717) is 30.3 Å². The van der Waals surface area contributed by atoms with Crippen molar-refractivity contribution in [3.63, 3.8) is 0 Å². The lowest BCUT2D eigenvalue weighted by atomic mass is 10.2. The monoisotopic (exact) mass is 446 g/mol. The minimum absolute atomic E-state index is 0.00442. The lowest BCUT2D eigenvalue weighted by Crippen LogP contribution is -2.33. The van der Waals surface area contributed by atoms with Crippen molar-refractivity contribution >= 4 is 33.9 Å². The quantitative estimate of drug-likeness (QED) is 0.451. The first-order valence-corrected chi connectivity index (χ1v) is 9.47. The van der Waals surface area contributed by atoms with Crippen molar-refractivity contribution in [2.75, 3.05) is 13.2 Å². The third kappa shape index (κ3) is 9.93. The van der Waals surface area contributed by atoms with E-state index in [0.717, 1.165) is 6.42 Å². The van der Waals surface area contributed by atoms with E-state index in [1.54, 1.807) is 13.0 Å². The fourth-order valence-corrected chi connectivity index (χ4v) is 2.53. The summed E-state index contributed by atoms with van der Waals surface area (Å²) in [5.74, 6) is -1.96. The molecular weight excluding hydrogens is 423 g/mol. The molecule has 0 aliphatic heterocycles. The van der Waals surface area contributed by atoms with E-state index in [1.165, 1.54) is 12.1 Å². The summed E-state index contributed by atoms with van der Waals surface area (Å²) in [6, 6.07) is 3.98. The molecule has 0 radical (unpaired) electrons. The predicted octanol–water partition coefficient (Wildman–Crippen LogP) is 3.47. The molecule has 0 unspecified atom stereocenters. The first kappa shape index (κ1) is 22.9. The number of nitrogens with one attached hydrogen (secondary N) is 2. The molecule has 150 valence electrons. The van der Waals surface area contributed by atoms with Crippen LogP contribution in [0.1, 0.15) is 49.4 Å². The molecule has 0 saturated carbocycles. The van der Waals surface area contributed by atoms with Gasteiger partial charge in [-0.15, -0.1) is 0 Å². The molecule has 7 nitrogen and oxygen atoms in total. The summed E-state index contributed by atoms with van der Waals surface area (Å²) >= 11 is 3.13. The second kappa shape index (κ2) is 12.3. The molecule has 0 fully saturated rings. The molecule has 0 aliphatic carbocycles. The van der Waals surface area contributed by atoms with Crippen LogP contribution in [0, 0.1) is 5.82 Å². The lowest BCUT2D eigenvalue weighted by molar-refractivity contribution is -0.137. The van der Waals surface area contributed by atoms with Gasteiger partial charge in [0.25, 0.3) is 5.91 Å². The predicted molar refractivity (Wildman–Crippen MR) is 101 cm³/mol. The van der Waals surface area contributed by atoms with E-state index in [1.807, 2.05) is 0 Å². The Hall–Kier alpha value is -2.16. The van der Waals surface area contributed by atoms with Gasteiger partial charge in [0.2, 0.25) is 0 Å². The molecule has 0 saturated heterocycles. The van der Waals surface area contributed by atoms with E-state index in [-0.39, 0.29) is 24.6 Å². The molecular formula is C18H24BrFN2O5. The Morgan fingerprint density at radius 3 is 2.67 bits per heavy atom. The number of carbonyl (C=O) groups excluding carboxylic acids is 2. The van der Waals surface area contributed by atoms with Gasteiger partial charge < -0.3 is 20.5 Å². The summed E-state index contributed by atoms with van der Waals surface area (Å²) < 4.78 is 19.2. The maximum atomic E-state index is 13.7. The Bertz CT molecular complexity index is 657. The van der Waals surface area contributed by atoms with Crippen LogP contribution in [0.5, 0.6) is 0 Å². The summed E-state index contributed by atoms with van der Waals surface area (Å²) in [7, 11) is 0. The van der Waals surface area contributed by atoms with Gasteiger partial charge in [0.05, 0.1) is 12.2 Å². The van der Waals surface area contributed by atoms with Gasteiger partial charge in [-0.3, -0.25) is 9.59 Å². The van der Waals surface area contributed by atoms with Gasteiger partial charge in [0, 0.05) is 23.5 Å². The number of hydrogen-bond acceptors (Lipinski definition) is 4. The third-order valence-corrected chi connectivity index (χ3v) is 4.16. The highest BCUT2D eigenvalue weighted by atomic mass is 79.9. The van der Waals surface area contributed by atoms with Crippen molar-refractivity contribution in [3.8, 4) is 0 Å². The minimum Gasteiger partial charge on any atom is -0.481 e. The Morgan fingerprint density at radius 1 is 1.26 bits per heavy atom. The van der Waals surface area contributed by atoms with E-state index in [4.69, 9.17) is 9.84 Å². The maximum absolute atomic E-state index is 13.7. The van der Waals surface area contributed by atoms with Crippen LogP contribution < -0.4 is 10.6 Å². The highest BCUT2D eigenvalue weighted by Gasteiger charge is 2.11. The van der Waals surface area contributed by atoms with Crippen molar-refractivity contribution in [3.05, 3.63) is 34.1 Å². The highest BCUT2D eigenvalue weighted by Crippen LogP contribution is 2.15. The standard InChI is InChI=1S/C18H24BrFN2O5/c1-12(5-8-16(23)24)22-18(26)27-10-4-2-3-9-21-17(25)14-7-6-13(19)11-15(14)20/h6-7,11-12H,2-5,8-10H2,1H3,(H,21,25)(H,22,26)(H,23,24)/t12-/m1/s1. The number of unbranched alkanes of at least 4 members (excludes halogenated alkanes) is 2. The molecule has 3 N–H and O–H groups in total. The molecule has 0 spiro atoms. The van der Waals surface area contributed by atoms with Crippen LogP contribution in [-0.4, -0.2) is 42.3 Å². The number of carbonyl (C=O) groups is 3. The van der Waals surface area contributed by atoms with Crippen molar-refractivity contribution < 1.29 is 28.6 Å². The topological polar surface area (TPSA) is 105 Å². The number of aliphatic carboxylic acids is 1. The molecule has 0 aromatic heterocycles. The molecule has 2 amide bonds. The van der Waals surface area contributed by atoms with Gasteiger partial charge in [0.15, 0.2) is 0 Å². The Labute approximate surface area is 165 Å². The Kier molecular flexibility index (Phi) is 10.4. The van der Waals surface area contributed by atoms with E-state index in [9.17, 15) is 18.8 Å². The van der Waals surface area contributed by atoms with Gasteiger partial charge in [-0.05, 0) is 50.8 Å². The normalized spacial score (nSPS) is 11.5. The average Bonchev–Trinajstić information content (AvgIpc) is 2.58. The zero-order valence-corrected chi connectivity index (χ0v) is 16.7. The zero-order chi connectivity index (χ0) is 20.2. The smallest absolute Gasteiger partial charge is 0.407 e. The van der Waals surface area contributed by atoms with E-state index < -0.39 is 23.8 Å². The largest absolute Gasteiger partial charge is 0.481 e. The molecule has 1 atom stereocenters. The Balaban J connectivity index is 2.09. The number of carboxylic acid groups (broad SMARTS) is 1. The minimum atomic E-state index is -0.910. The number of benzene rings is 1. The number of carboxylic acids is 1. The number of rotatable bonds is 11. The van der Waals surface area contributed by atoms with Crippen LogP contribution in [0.25, 0.3) is 0 Å². The Morgan fingerprint density at radius 2 is 2.00 bits per heavy atom. The number of ether oxygens (including phenoxy) is 1. The van der Waals surface area contributed by atoms with Crippen LogP contribution >= 0.6 is 15.9 Å². The number of halogens is 2. The van der Waals surface area contributed by atoms with Crippen molar-refractivity contribution in [2.24, 2.45) is 0 Å². The molecule has 27 heavy (non-hydrogen) atoms. The average molecular weight is 447 g/mol. The summed E-state index contributed by atoms with van der Waals surface area (Å²) in [5.41, 5.74) is -0.00442. The molecule has 0 bridgehead atoms. The second-order valence-electron chi connectivity index (χ2n) is 6.05.